The predicted octanol–water partition coefficient (Wildman–Crippen LogP) is 1.93. The number of hydrogen-bond acceptors (Lipinski definition) is 3. The van der Waals surface area contributed by atoms with Crippen LogP contribution in [0.1, 0.15) is 24.0 Å². The minimum Gasteiger partial charge on any atom is -0.376 e. The van der Waals surface area contributed by atoms with Gasteiger partial charge in [-0.15, -0.1) is 12.4 Å². The van der Waals surface area contributed by atoms with Crippen molar-refractivity contribution in [1.82, 2.24) is 4.90 Å². The third kappa shape index (κ3) is 5.65. The molecule has 0 radical (unpaired) electrons. The van der Waals surface area contributed by atoms with Crippen molar-refractivity contribution in [2.75, 3.05) is 26.2 Å². The Bertz CT molecular complexity index is 430. The molecular formula is C16H25ClN2O2. The normalized spacial score (nSPS) is 17.3. The SMILES string of the molecule is Cc1ccc(CCN(CC2CCCO2)C(=O)CN)cc1.Cl. The molecule has 5 heteroatoms. The Morgan fingerprint density at radius 1 is 1.38 bits per heavy atom. The number of aryl methyl sites for hydroxylation is 1. The summed E-state index contributed by atoms with van der Waals surface area (Å²) in [5, 5.41) is 0. The summed E-state index contributed by atoms with van der Waals surface area (Å²) in [6.07, 6.45) is 3.17. The molecule has 1 heterocycles. The van der Waals surface area contributed by atoms with E-state index in [0.29, 0.717) is 13.1 Å². The highest BCUT2D eigenvalue weighted by atomic mass is 35.5. The zero-order valence-corrected chi connectivity index (χ0v) is 13.4. The summed E-state index contributed by atoms with van der Waals surface area (Å²) in [6, 6.07) is 8.44. The Kier molecular flexibility index (Phi) is 7.72. The van der Waals surface area contributed by atoms with Crippen LogP contribution in [0.2, 0.25) is 0 Å². The second kappa shape index (κ2) is 9.03. The van der Waals surface area contributed by atoms with E-state index in [1.807, 2.05) is 4.90 Å². The van der Waals surface area contributed by atoms with Gasteiger partial charge >= 0.3 is 0 Å². The Morgan fingerprint density at radius 3 is 2.67 bits per heavy atom. The van der Waals surface area contributed by atoms with Gasteiger partial charge in [0.2, 0.25) is 5.91 Å². The van der Waals surface area contributed by atoms with Crippen LogP contribution in [0.5, 0.6) is 0 Å². The summed E-state index contributed by atoms with van der Waals surface area (Å²) < 4.78 is 5.61. The highest BCUT2D eigenvalue weighted by molar-refractivity contribution is 5.85. The molecule has 0 bridgehead atoms. The van der Waals surface area contributed by atoms with Crippen molar-refractivity contribution in [3.8, 4) is 0 Å². The molecule has 1 saturated heterocycles. The van der Waals surface area contributed by atoms with Crippen LogP contribution in [0.25, 0.3) is 0 Å². The fraction of sp³-hybridized carbons (Fsp3) is 0.562. The Hall–Kier alpha value is -1.10. The third-order valence-corrected chi connectivity index (χ3v) is 3.77. The first-order valence-electron chi connectivity index (χ1n) is 7.34. The molecule has 2 N–H and O–H groups in total. The molecule has 21 heavy (non-hydrogen) atoms. The van der Waals surface area contributed by atoms with Gasteiger partial charge in [-0.1, -0.05) is 29.8 Å². The van der Waals surface area contributed by atoms with Crippen molar-refractivity contribution in [2.45, 2.75) is 32.3 Å². The van der Waals surface area contributed by atoms with E-state index in [2.05, 4.69) is 31.2 Å². The second-order valence-corrected chi connectivity index (χ2v) is 5.41. The lowest BCUT2D eigenvalue weighted by molar-refractivity contribution is -0.131. The first-order chi connectivity index (χ1) is 9.69. The van der Waals surface area contributed by atoms with Crippen molar-refractivity contribution in [1.29, 1.82) is 0 Å². The Morgan fingerprint density at radius 2 is 2.10 bits per heavy atom. The number of nitrogens with zero attached hydrogens (tertiary/aromatic N) is 1. The maximum atomic E-state index is 11.9. The molecule has 1 atom stereocenters. The highest BCUT2D eigenvalue weighted by Gasteiger charge is 2.21. The van der Waals surface area contributed by atoms with Gasteiger partial charge in [-0.3, -0.25) is 4.79 Å². The maximum absolute atomic E-state index is 11.9. The molecule has 4 nitrogen and oxygen atoms in total. The van der Waals surface area contributed by atoms with Crippen LogP contribution in [0, 0.1) is 6.92 Å². The van der Waals surface area contributed by atoms with E-state index in [4.69, 9.17) is 10.5 Å². The highest BCUT2D eigenvalue weighted by Crippen LogP contribution is 2.14. The molecule has 0 saturated carbocycles. The summed E-state index contributed by atoms with van der Waals surface area (Å²) in [4.78, 5) is 13.8. The van der Waals surface area contributed by atoms with Gasteiger partial charge in [-0.2, -0.15) is 0 Å². The number of amides is 1. The summed E-state index contributed by atoms with van der Waals surface area (Å²) in [6.45, 7) is 4.33. The van der Waals surface area contributed by atoms with Gasteiger partial charge in [-0.25, -0.2) is 0 Å². The quantitative estimate of drug-likeness (QED) is 0.873. The molecule has 1 fully saturated rings. The molecule has 118 valence electrons. The lowest BCUT2D eigenvalue weighted by Gasteiger charge is -2.25. The zero-order chi connectivity index (χ0) is 14.4. The van der Waals surface area contributed by atoms with E-state index in [9.17, 15) is 4.79 Å². The van der Waals surface area contributed by atoms with Gasteiger partial charge in [0.15, 0.2) is 0 Å². The molecular weight excluding hydrogens is 288 g/mol. The summed E-state index contributed by atoms with van der Waals surface area (Å²) in [5.41, 5.74) is 8.00. The number of nitrogens with two attached hydrogens (primary N) is 1. The number of benzene rings is 1. The van der Waals surface area contributed by atoms with Crippen molar-refractivity contribution in [3.63, 3.8) is 0 Å². The van der Waals surface area contributed by atoms with Crippen LogP contribution in [0.15, 0.2) is 24.3 Å². The molecule has 2 rings (SSSR count). The molecule has 0 aliphatic carbocycles. The van der Waals surface area contributed by atoms with Crippen LogP contribution in [-0.4, -0.2) is 43.2 Å². The van der Waals surface area contributed by atoms with E-state index < -0.39 is 0 Å². The lowest BCUT2D eigenvalue weighted by atomic mass is 10.1. The van der Waals surface area contributed by atoms with Gasteiger partial charge in [0.05, 0.1) is 12.6 Å². The van der Waals surface area contributed by atoms with E-state index in [0.717, 1.165) is 25.9 Å². The topological polar surface area (TPSA) is 55.6 Å². The molecule has 1 amide bonds. The lowest BCUT2D eigenvalue weighted by Crippen LogP contribution is -2.41. The summed E-state index contributed by atoms with van der Waals surface area (Å²) >= 11 is 0. The van der Waals surface area contributed by atoms with Gasteiger partial charge in [0.25, 0.3) is 0 Å². The fourth-order valence-corrected chi connectivity index (χ4v) is 2.50. The molecule has 1 unspecified atom stereocenters. The molecule has 0 aromatic heterocycles. The number of rotatable bonds is 6. The van der Waals surface area contributed by atoms with E-state index in [1.165, 1.54) is 11.1 Å². The summed E-state index contributed by atoms with van der Waals surface area (Å²) in [7, 11) is 0. The average molecular weight is 313 g/mol. The number of carbonyl (C=O) groups is 1. The fourth-order valence-electron chi connectivity index (χ4n) is 2.50. The Labute approximate surface area is 133 Å². The van der Waals surface area contributed by atoms with Crippen molar-refractivity contribution in [2.24, 2.45) is 5.73 Å². The number of halogens is 1. The Balaban J connectivity index is 0.00000220. The van der Waals surface area contributed by atoms with Crippen molar-refractivity contribution >= 4 is 18.3 Å². The zero-order valence-electron chi connectivity index (χ0n) is 12.6. The first-order valence-corrected chi connectivity index (χ1v) is 7.34. The van der Waals surface area contributed by atoms with Gasteiger partial charge in [0.1, 0.15) is 0 Å². The van der Waals surface area contributed by atoms with E-state index in [1.54, 1.807) is 0 Å². The van der Waals surface area contributed by atoms with E-state index >= 15 is 0 Å². The third-order valence-electron chi connectivity index (χ3n) is 3.77. The predicted molar refractivity (Wildman–Crippen MR) is 86.7 cm³/mol. The van der Waals surface area contributed by atoms with Gasteiger partial charge < -0.3 is 15.4 Å². The molecule has 1 aliphatic rings. The minimum absolute atomic E-state index is 0. The monoisotopic (exact) mass is 312 g/mol. The molecule has 0 spiro atoms. The van der Waals surface area contributed by atoms with Crippen LogP contribution in [0.3, 0.4) is 0 Å². The van der Waals surface area contributed by atoms with Crippen molar-refractivity contribution < 1.29 is 9.53 Å². The number of ether oxygens (including phenoxy) is 1. The number of hydrogen-bond donors (Lipinski definition) is 1. The molecule has 1 aliphatic heterocycles. The van der Waals surface area contributed by atoms with Gasteiger partial charge in [-0.05, 0) is 31.7 Å². The van der Waals surface area contributed by atoms with Crippen LogP contribution >= 0.6 is 12.4 Å². The molecule has 1 aromatic carbocycles. The van der Waals surface area contributed by atoms with Crippen LogP contribution < -0.4 is 5.73 Å². The van der Waals surface area contributed by atoms with Crippen LogP contribution in [-0.2, 0) is 16.0 Å². The minimum atomic E-state index is 0. The van der Waals surface area contributed by atoms with Gasteiger partial charge in [0, 0.05) is 19.7 Å². The number of carbonyl (C=O) groups excluding carboxylic acids is 1. The first kappa shape index (κ1) is 18.0. The van der Waals surface area contributed by atoms with Crippen LogP contribution in [0.4, 0.5) is 0 Å². The van der Waals surface area contributed by atoms with E-state index in [-0.39, 0.29) is 31.0 Å². The standard InChI is InChI=1S/C16H24N2O2.ClH/c1-13-4-6-14(7-5-13)8-9-18(16(19)11-17)12-15-3-2-10-20-15;/h4-7,15H,2-3,8-12,17H2,1H3;1H. The summed E-state index contributed by atoms with van der Waals surface area (Å²) in [5.74, 6) is 0.00705. The smallest absolute Gasteiger partial charge is 0.236 e. The largest absolute Gasteiger partial charge is 0.376 e. The maximum Gasteiger partial charge on any atom is 0.236 e. The molecule has 1 aromatic rings. The van der Waals surface area contributed by atoms with Crippen molar-refractivity contribution in [3.05, 3.63) is 35.4 Å². The average Bonchev–Trinajstić information content (AvgIpc) is 2.97. The second-order valence-electron chi connectivity index (χ2n) is 5.41.